The number of rotatable bonds is 5. The van der Waals surface area contributed by atoms with Gasteiger partial charge in [0.1, 0.15) is 0 Å². The largest absolute Gasteiger partial charge is 0.393 e. The molecular weight excluding hydrogens is 132 g/mol. The van der Waals surface area contributed by atoms with Crippen LogP contribution in [-0.2, 0) is 4.74 Å². The van der Waals surface area contributed by atoms with Crippen molar-refractivity contribution in [1.82, 2.24) is 0 Å². The predicted molar refractivity (Wildman–Crippen MR) is 38.5 cm³/mol. The van der Waals surface area contributed by atoms with Gasteiger partial charge in [0.2, 0.25) is 0 Å². The molecule has 10 heavy (non-hydrogen) atoms. The highest BCUT2D eigenvalue weighted by Crippen LogP contribution is 1.99. The number of aliphatic hydroxyl groups excluding tert-OH is 2. The second-order valence-electron chi connectivity index (χ2n) is 2.41. The molecule has 2 unspecified atom stereocenters. The van der Waals surface area contributed by atoms with Crippen molar-refractivity contribution in [2.75, 3.05) is 6.61 Å². The van der Waals surface area contributed by atoms with Crippen LogP contribution in [0.5, 0.6) is 0 Å². The van der Waals surface area contributed by atoms with Crippen molar-refractivity contribution in [3.8, 4) is 0 Å². The van der Waals surface area contributed by atoms with Gasteiger partial charge in [-0.25, -0.2) is 0 Å². The summed E-state index contributed by atoms with van der Waals surface area (Å²) in [4.78, 5) is 0. The molecule has 0 amide bonds. The Morgan fingerprint density at radius 1 is 1.40 bits per heavy atom. The van der Waals surface area contributed by atoms with Gasteiger partial charge in [-0.2, -0.15) is 0 Å². The lowest BCUT2D eigenvalue weighted by Gasteiger charge is -2.12. The fourth-order valence-electron chi connectivity index (χ4n) is 0.614. The summed E-state index contributed by atoms with van der Waals surface area (Å²) in [6, 6.07) is 0. The van der Waals surface area contributed by atoms with Crippen molar-refractivity contribution in [3.05, 3.63) is 0 Å². The zero-order valence-electron chi connectivity index (χ0n) is 6.58. The van der Waals surface area contributed by atoms with Crippen LogP contribution in [0.2, 0.25) is 0 Å². The van der Waals surface area contributed by atoms with E-state index in [1.165, 1.54) is 0 Å². The Hall–Kier alpha value is -0.120. The molecule has 3 nitrogen and oxygen atoms in total. The standard InChI is InChI=1S/C7H16O3/c1-3-4-10-7(9)5-6(2)8/h6-9H,3-5H2,1-2H3. The van der Waals surface area contributed by atoms with Crippen LogP contribution in [0.25, 0.3) is 0 Å². The monoisotopic (exact) mass is 148 g/mol. The maximum absolute atomic E-state index is 8.97. The number of ether oxygens (including phenoxy) is 1. The first-order valence-corrected chi connectivity index (χ1v) is 3.64. The Morgan fingerprint density at radius 2 is 2.00 bits per heavy atom. The van der Waals surface area contributed by atoms with Gasteiger partial charge in [-0.1, -0.05) is 6.92 Å². The van der Waals surface area contributed by atoms with Crippen LogP contribution in [0.1, 0.15) is 26.7 Å². The Kier molecular flexibility index (Phi) is 5.58. The van der Waals surface area contributed by atoms with E-state index in [1.54, 1.807) is 6.92 Å². The van der Waals surface area contributed by atoms with Crippen molar-refractivity contribution in [3.63, 3.8) is 0 Å². The molecule has 2 atom stereocenters. The molecule has 0 saturated heterocycles. The van der Waals surface area contributed by atoms with Gasteiger partial charge in [0.15, 0.2) is 6.29 Å². The fraction of sp³-hybridized carbons (Fsp3) is 1.00. The predicted octanol–water partition coefficient (Wildman–Crippen LogP) is 0.502. The summed E-state index contributed by atoms with van der Waals surface area (Å²) in [6.07, 6.45) is -0.122. The summed E-state index contributed by atoms with van der Waals surface area (Å²) in [6.45, 7) is 4.14. The lowest BCUT2D eigenvalue weighted by atomic mass is 10.3. The minimum atomic E-state index is -0.806. The molecule has 0 aliphatic heterocycles. The normalized spacial score (nSPS) is 16.8. The first kappa shape index (κ1) is 9.88. The molecule has 0 saturated carbocycles. The highest BCUT2D eigenvalue weighted by atomic mass is 16.6. The van der Waals surface area contributed by atoms with Crippen LogP contribution >= 0.6 is 0 Å². The molecule has 0 aromatic heterocycles. The quantitative estimate of drug-likeness (QED) is 0.558. The summed E-state index contributed by atoms with van der Waals surface area (Å²) in [5.41, 5.74) is 0. The molecule has 0 spiro atoms. The first-order valence-electron chi connectivity index (χ1n) is 3.64. The van der Waals surface area contributed by atoms with Crippen molar-refractivity contribution in [2.24, 2.45) is 0 Å². The summed E-state index contributed by atoms with van der Waals surface area (Å²) >= 11 is 0. The third kappa shape index (κ3) is 6.01. The van der Waals surface area contributed by atoms with Gasteiger partial charge in [-0.05, 0) is 13.3 Å². The Bertz CT molecular complexity index is 73.3. The van der Waals surface area contributed by atoms with E-state index in [1.807, 2.05) is 6.92 Å². The summed E-state index contributed by atoms with van der Waals surface area (Å²) in [5.74, 6) is 0. The minimum absolute atomic E-state index is 0.292. The number of aliphatic hydroxyl groups is 2. The highest BCUT2D eigenvalue weighted by molar-refractivity contribution is 4.48. The SMILES string of the molecule is CCCOC(O)CC(C)O. The Morgan fingerprint density at radius 3 is 2.40 bits per heavy atom. The van der Waals surface area contributed by atoms with Gasteiger partial charge >= 0.3 is 0 Å². The van der Waals surface area contributed by atoms with Gasteiger partial charge in [0.05, 0.1) is 6.10 Å². The molecule has 0 radical (unpaired) electrons. The van der Waals surface area contributed by atoms with Gasteiger partial charge in [-0.15, -0.1) is 0 Å². The molecule has 0 rings (SSSR count). The van der Waals surface area contributed by atoms with Gasteiger partial charge in [0, 0.05) is 13.0 Å². The highest BCUT2D eigenvalue weighted by Gasteiger charge is 2.06. The average molecular weight is 148 g/mol. The van der Waals surface area contributed by atoms with Gasteiger partial charge in [-0.3, -0.25) is 0 Å². The van der Waals surface area contributed by atoms with E-state index in [2.05, 4.69) is 0 Å². The molecule has 62 valence electrons. The molecule has 0 fully saturated rings. The average Bonchev–Trinajstić information content (AvgIpc) is 1.82. The summed E-state index contributed by atoms with van der Waals surface area (Å²) in [7, 11) is 0. The van der Waals surface area contributed by atoms with Crippen molar-refractivity contribution < 1.29 is 14.9 Å². The van der Waals surface area contributed by atoms with E-state index in [0.717, 1.165) is 6.42 Å². The summed E-state index contributed by atoms with van der Waals surface area (Å²) in [5, 5.41) is 17.8. The second kappa shape index (κ2) is 5.65. The molecule has 0 aromatic carbocycles. The van der Waals surface area contributed by atoms with Crippen molar-refractivity contribution in [2.45, 2.75) is 39.1 Å². The third-order valence-electron chi connectivity index (χ3n) is 1.06. The fourth-order valence-corrected chi connectivity index (χ4v) is 0.614. The smallest absolute Gasteiger partial charge is 0.156 e. The van der Waals surface area contributed by atoms with Crippen molar-refractivity contribution in [1.29, 1.82) is 0 Å². The zero-order chi connectivity index (χ0) is 7.98. The molecule has 0 aromatic rings. The van der Waals surface area contributed by atoms with Gasteiger partial charge in [0.25, 0.3) is 0 Å². The topological polar surface area (TPSA) is 49.7 Å². The first-order chi connectivity index (χ1) is 4.66. The Balaban J connectivity index is 3.16. The molecule has 2 N–H and O–H groups in total. The van der Waals surface area contributed by atoms with Gasteiger partial charge < -0.3 is 14.9 Å². The van der Waals surface area contributed by atoms with E-state index in [4.69, 9.17) is 14.9 Å². The molecule has 3 heteroatoms. The summed E-state index contributed by atoms with van der Waals surface area (Å²) < 4.78 is 4.90. The van der Waals surface area contributed by atoms with Crippen LogP contribution < -0.4 is 0 Å². The maximum Gasteiger partial charge on any atom is 0.156 e. The van der Waals surface area contributed by atoms with Crippen LogP contribution in [-0.4, -0.2) is 29.2 Å². The van der Waals surface area contributed by atoms with E-state index in [-0.39, 0.29) is 0 Å². The molecule has 0 bridgehead atoms. The van der Waals surface area contributed by atoms with E-state index in [0.29, 0.717) is 13.0 Å². The van der Waals surface area contributed by atoms with Crippen LogP contribution in [0.15, 0.2) is 0 Å². The van der Waals surface area contributed by atoms with Crippen LogP contribution in [0.3, 0.4) is 0 Å². The molecule has 0 aliphatic rings. The molecule has 0 aliphatic carbocycles. The third-order valence-corrected chi connectivity index (χ3v) is 1.06. The number of hydrogen-bond acceptors (Lipinski definition) is 3. The second-order valence-corrected chi connectivity index (χ2v) is 2.41. The van der Waals surface area contributed by atoms with E-state index >= 15 is 0 Å². The minimum Gasteiger partial charge on any atom is -0.393 e. The lowest BCUT2D eigenvalue weighted by Crippen LogP contribution is -2.18. The van der Waals surface area contributed by atoms with E-state index in [9.17, 15) is 0 Å². The molecular formula is C7H16O3. The van der Waals surface area contributed by atoms with Crippen LogP contribution in [0.4, 0.5) is 0 Å². The van der Waals surface area contributed by atoms with Crippen molar-refractivity contribution >= 4 is 0 Å². The Labute approximate surface area is 61.6 Å². The van der Waals surface area contributed by atoms with E-state index < -0.39 is 12.4 Å². The zero-order valence-corrected chi connectivity index (χ0v) is 6.58. The lowest BCUT2D eigenvalue weighted by molar-refractivity contribution is -0.117. The maximum atomic E-state index is 8.97. The van der Waals surface area contributed by atoms with Crippen LogP contribution in [0, 0.1) is 0 Å². The molecule has 0 heterocycles. The number of hydrogen-bond donors (Lipinski definition) is 2.